The number of hydrogen-bond donors (Lipinski definition) is 0. The first-order valence-electron chi connectivity index (χ1n) is 2.64. The molecular formula is C6H3ClF2N2. The molecule has 0 unspecified atom stereocenters. The monoisotopic (exact) mass is 176 g/mol. The largest absolute Gasteiger partial charge is 0.333 e. The van der Waals surface area contributed by atoms with E-state index in [2.05, 4.69) is 11.0 Å². The van der Waals surface area contributed by atoms with Gasteiger partial charge in [-0.3, -0.25) is 0 Å². The summed E-state index contributed by atoms with van der Waals surface area (Å²) < 4.78 is 24.2. The second kappa shape index (κ2) is 2.89. The van der Waals surface area contributed by atoms with Gasteiger partial charge in [-0.25, -0.2) is 4.68 Å². The average molecular weight is 177 g/mol. The summed E-state index contributed by atoms with van der Waals surface area (Å²) in [6.45, 7) is -2.70. The first kappa shape index (κ1) is 8.02. The lowest BCUT2D eigenvalue weighted by Gasteiger charge is -1.94. The van der Waals surface area contributed by atoms with E-state index in [1.54, 1.807) is 0 Å². The van der Waals surface area contributed by atoms with E-state index >= 15 is 0 Å². The van der Waals surface area contributed by atoms with Gasteiger partial charge in [0.2, 0.25) is 0 Å². The molecule has 0 saturated carbocycles. The summed E-state index contributed by atoms with van der Waals surface area (Å²) in [7, 11) is 0. The van der Waals surface area contributed by atoms with Gasteiger partial charge in [-0.1, -0.05) is 11.6 Å². The number of hydrogen-bond acceptors (Lipinski definition) is 1. The van der Waals surface area contributed by atoms with Crippen LogP contribution in [-0.4, -0.2) is 9.78 Å². The minimum atomic E-state index is -2.70. The molecule has 0 fully saturated rings. The standard InChI is InChI=1S/C6H3ClF2N2/c1-2-5-4(7)3-11(10-5)6(8)9/h1,3,6H. The summed E-state index contributed by atoms with van der Waals surface area (Å²) in [5.74, 6) is 2.07. The Labute approximate surface area is 66.8 Å². The van der Waals surface area contributed by atoms with Crippen LogP contribution in [0.15, 0.2) is 6.20 Å². The van der Waals surface area contributed by atoms with Gasteiger partial charge in [-0.2, -0.15) is 13.9 Å². The maximum Gasteiger partial charge on any atom is 0.333 e. The molecule has 0 N–H and O–H groups in total. The third-order valence-electron chi connectivity index (χ3n) is 1.02. The van der Waals surface area contributed by atoms with Crippen LogP contribution in [-0.2, 0) is 0 Å². The van der Waals surface area contributed by atoms with Crippen molar-refractivity contribution in [1.82, 2.24) is 9.78 Å². The van der Waals surface area contributed by atoms with Crippen molar-refractivity contribution in [2.45, 2.75) is 6.55 Å². The maximum absolute atomic E-state index is 11.9. The van der Waals surface area contributed by atoms with Crippen LogP contribution in [0.25, 0.3) is 0 Å². The Morgan fingerprint density at radius 2 is 2.36 bits per heavy atom. The molecule has 58 valence electrons. The Morgan fingerprint density at radius 1 is 1.73 bits per heavy atom. The summed E-state index contributed by atoms with van der Waals surface area (Å²) in [6, 6.07) is 0. The highest BCUT2D eigenvalue weighted by Gasteiger charge is 2.10. The molecule has 0 amide bonds. The lowest BCUT2D eigenvalue weighted by Crippen LogP contribution is -1.97. The first-order valence-corrected chi connectivity index (χ1v) is 3.02. The van der Waals surface area contributed by atoms with Gasteiger partial charge in [0.05, 0.1) is 11.2 Å². The van der Waals surface area contributed by atoms with Crippen LogP contribution in [0.5, 0.6) is 0 Å². The molecule has 0 saturated heterocycles. The fourth-order valence-corrected chi connectivity index (χ4v) is 0.760. The van der Waals surface area contributed by atoms with E-state index < -0.39 is 6.55 Å². The SMILES string of the molecule is C#Cc1nn(C(F)F)cc1Cl. The van der Waals surface area contributed by atoms with Gasteiger partial charge in [0.25, 0.3) is 0 Å². The van der Waals surface area contributed by atoms with Crippen molar-refractivity contribution in [2.24, 2.45) is 0 Å². The normalized spacial score (nSPS) is 10.1. The summed E-state index contributed by atoms with van der Waals surface area (Å²) in [5.41, 5.74) is 0.0342. The summed E-state index contributed by atoms with van der Waals surface area (Å²) >= 11 is 5.43. The Bertz CT molecular complexity index is 300. The number of terminal acetylenes is 1. The average Bonchev–Trinajstić information content (AvgIpc) is 2.31. The van der Waals surface area contributed by atoms with E-state index in [0.717, 1.165) is 6.20 Å². The molecule has 1 aromatic heterocycles. The number of aromatic nitrogens is 2. The van der Waals surface area contributed by atoms with Gasteiger partial charge < -0.3 is 0 Å². The Balaban J connectivity index is 3.07. The van der Waals surface area contributed by atoms with Crippen molar-refractivity contribution < 1.29 is 8.78 Å². The number of halogens is 3. The minimum absolute atomic E-state index is 0.0342. The van der Waals surface area contributed by atoms with E-state index in [4.69, 9.17) is 18.0 Å². The van der Waals surface area contributed by atoms with Crippen LogP contribution in [0, 0.1) is 12.3 Å². The van der Waals surface area contributed by atoms with Gasteiger partial charge in [0.1, 0.15) is 0 Å². The molecule has 0 aliphatic rings. The molecule has 0 aromatic carbocycles. The van der Waals surface area contributed by atoms with E-state index in [1.165, 1.54) is 0 Å². The molecule has 1 heterocycles. The van der Waals surface area contributed by atoms with E-state index in [1.807, 2.05) is 0 Å². The predicted molar refractivity (Wildman–Crippen MR) is 36.4 cm³/mol. The smallest absolute Gasteiger partial charge is 0.209 e. The fourth-order valence-electron chi connectivity index (χ4n) is 0.567. The third-order valence-corrected chi connectivity index (χ3v) is 1.30. The van der Waals surface area contributed by atoms with E-state index in [0.29, 0.717) is 4.68 Å². The molecule has 0 radical (unpaired) electrons. The molecule has 0 atom stereocenters. The second-order valence-corrected chi connectivity index (χ2v) is 2.13. The highest BCUT2D eigenvalue weighted by atomic mass is 35.5. The molecule has 1 aromatic rings. The lowest BCUT2D eigenvalue weighted by atomic mass is 10.5. The van der Waals surface area contributed by atoms with Crippen molar-refractivity contribution in [3.8, 4) is 12.3 Å². The van der Waals surface area contributed by atoms with Gasteiger partial charge in [-0.15, -0.1) is 6.42 Å². The van der Waals surface area contributed by atoms with Crippen LogP contribution in [0.2, 0.25) is 5.02 Å². The zero-order valence-corrected chi connectivity index (χ0v) is 6.02. The van der Waals surface area contributed by atoms with Gasteiger partial charge in [-0.05, 0) is 5.92 Å². The maximum atomic E-state index is 11.9. The first-order chi connectivity index (χ1) is 5.15. The molecule has 5 heteroatoms. The quantitative estimate of drug-likeness (QED) is 0.598. The summed E-state index contributed by atoms with van der Waals surface area (Å²) in [5, 5.41) is 3.39. The highest BCUT2D eigenvalue weighted by molar-refractivity contribution is 6.31. The molecule has 0 aliphatic heterocycles. The highest BCUT2D eigenvalue weighted by Crippen LogP contribution is 2.17. The molecule has 0 spiro atoms. The Kier molecular flexibility index (Phi) is 2.11. The fraction of sp³-hybridized carbons (Fsp3) is 0.167. The van der Waals surface area contributed by atoms with Crippen LogP contribution in [0.1, 0.15) is 12.2 Å². The molecule has 1 rings (SSSR count). The molecule has 0 aliphatic carbocycles. The summed E-state index contributed by atoms with van der Waals surface area (Å²) in [6.07, 6.45) is 5.90. The molecule has 0 bridgehead atoms. The second-order valence-electron chi connectivity index (χ2n) is 1.73. The van der Waals surface area contributed by atoms with Crippen molar-refractivity contribution in [2.75, 3.05) is 0 Å². The Morgan fingerprint density at radius 3 is 2.64 bits per heavy atom. The summed E-state index contributed by atoms with van der Waals surface area (Å²) in [4.78, 5) is 0. The van der Waals surface area contributed by atoms with E-state index in [9.17, 15) is 8.78 Å². The predicted octanol–water partition coefficient (Wildman–Crippen LogP) is 1.91. The van der Waals surface area contributed by atoms with Crippen molar-refractivity contribution in [3.05, 3.63) is 16.9 Å². The number of rotatable bonds is 1. The third kappa shape index (κ3) is 1.49. The lowest BCUT2D eigenvalue weighted by molar-refractivity contribution is 0.0565. The van der Waals surface area contributed by atoms with Crippen molar-refractivity contribution in [3.63, 3.8) is 0 Å². The van der Waals surface area contributed by atoms with Crippen LogP contribution >= 0.6 is 11.6 Å². The minimum Gasteiger partial charge on any atom is -0.209 e. The number of alkyl halides is 2. The molecular weight excluding hydrogens is 174 g/mol. The Hall–Kier alpha value is -1.08. The topological polar surface area (TPSA) is 17.8 Å². The van der Waals surface area contributed by atoms with Crippen molar-refractivity contribution >= 4 is 11.6 Å². The van der Waals surface area contributed by atoms with Crippen molar-refractivity contribution in [1.29, 1.82) is 0 Å². The zero-order valence-electron chi connectivity index (χ0n) is 5.26. The van der Waals surface area contributed by atoms with E-state index in [-0.39, 0.29) is 10.7 Å². The van der Waals surface area contributed by atoms with Crippen LogP contribution in [0.4, 0.5) is 8.78 Å². The van der Waals surface area contributed by atoms with Gasteiger partial charge in [0, 0.05) is 0 Å². The van der Waals surface area contributed by atoms with Crippen LogP contribution < -0.4 is 0 Å². The van der Waals surface area contributed by atoms with Crippen LogP contribution in [0.3, 0.4) is 0 Å². The molecule has 11 heavy (non-hydrogen) atoms. The number of nitrogens with zero attached hydrogens (tertiary/aromatic N) is 2. The van der Waals surface area contributed by atoms with Gasteiger partial charge >= 0.3 is 6.55 Å². The zero-order chi connectivity index (χ0) is 8.43. The molecule has 2 nitrogen and oxygen atoms in total. The van der Waals surface area contributed by atoms with Gasteiger partial charge in [0.15, 0.2) is 5.69 Å².